The Kier molecular flexibility index (Phi) is 53.0. The Labute approximate surface area is 424 Å². The van der Waals surface area contributed by atoms with Gasteiger partial charge < -0.3 is 14.2 Å². The van der Waals surface area contributed by atoms with E-state index < -0.39 is 6.10 Å². The normalized spacial score (nSPS) is 13.0. The molecule has 0 bridgehead atoms. The summed E-state index contributed by atoms with van der Waals surface area (Å²) >= 11 is 0. The van der Waals surface area contributed by atoms with Crippen LogP contribution in [0.1, 0.15) is 239 Å². The highest BCUT2D eigenvalue weighted by atomic mass is 16.6. The summed E-state index contributed by atoms with van der Waals surface area (Å²) in [6.45, 7) is 6.31. The molecule has 0 saturated carbocycles. The van der Waals surface area contributed by atoms with Crippen molar-refractivity contribution in [2.45, 2.75) is 245 Å². The zero-order chi connectivity index (χ0) is 50.0. The highest BCUT2D eigenvalue weighted by Gasteiger charge is 2.19. The zero-order valence-electron chi connectivity index (χ0n) is 44.5. The molecule has 0 saturated heterocycles. The third kappa shape index (κ3) is 54.6. The van der Waals surface area contributed by atoms with Crippen molar-refractivity contribution in [1.82, 2.24) is 0 Å². The van der Waals surface area contributed by atoms with Crippen molar-refractivity contribution >= 4 is 17.9 Å². The summed E-state index contributed by atoms with van der Waals surface area (Å²) in [5, 5.41) is 0. The van der Waals surface area contributed by atoms with E-state index in [4.69, 9.17) is 14.2 Å². The molecule has 0 aliphatic carbocycles. The molecule has 0 aromatic heterocycles. The van der Waals surface area contributed by atoms with E-state index in [0.29, 0.717) is 19.3 Å². The second-order valence-corrected chi connectivity index (χ2v) is 18.1. The van der Waals surface area contributed by atoms with Gasteiger partial charge in [0, 0.05) is 19.3 Å². The quantitative estimate of drug-likeness (QED) is 0.0262. The number of carbonyl (C=O) groups excluding carboxylic acids is 3. The minimum atomic E-state index is -0.808. The molecular weight excluding hydrogens is 853 g/mol. The molecule has 1 unspecified atom stereocenters. The fraction of sp³-hybridized carbons (Fsp3) is 0.635. The summed E-state index contributed by atoms with van der Waals surface area (Å²) in [6, 6.07) is 0. The SMILES string of the molecule is CC/C=C\C/C=C\C/C=C\C/C=C\C/C=C\CCCCCCCCCCCCCC(=O)OCC(COC(=O)CCCCCCCCC)OC(=O)CCC/C=C\C/C=C\C/C=C\C/C=C\C/C=C\CC. The Morgan fingerprint density at radius 3 is 0.928 bits per heavy atom. The number of ether oxygens (including phenoxy) is 3. The van der Waals surface area contributed by atoms with E-state index in [2.05, 4.69) is 142 Å². The van der Waals surface area contributed by atoms with Crippen LogP contribution in [0.25, 0.3) is 0 Å². The minimum Gasteiger partial charge on any atom is -0.462 e. The molecule has 0 radical (unpaired) electrons. The van der Waals surface area contributed by atoms with E-state index in [0.717, 1.165) is 109 Å². The van der Waals surface area contributed by atoms with Crippen LogP contribution in [0.15, 0.2) is 122 Å². The standard InChI is InChI=1S/C63H102O6/c1-4-7-10-13-16-18-20-22-24-26-27-28-29-30-31-32-33-34-35-37-38-40-42-44-47-50-53-56-62(65)68-59-60(58-67-61(64)55-52-49-46-15-12-9-6-3)69-63(66)57-54-51-48-45-43-41-39-36-25-23-21-19-17-14-11-8-5-2/h7-8,10-11,16-19,22-25,27-28,30-31,39,41,45,48,60H,4-6,9,12-15,20-21,26,29,32-38,40,42-44,46-47,49-59H2,1-3H3/b10-7-,11-8-,18-16-,19-17-,24-22-,25-23-,28-27-,31-30-,41-39-,48-45-. The Hall–Kier alpha value is -4.19. The van der Waals surface area contributed by atoms with Crippen molar-refractivity contribution in [3.8, 4) is 0 Å². The first-order valence-electron chi connectivity index (χ1n) is 28.0. The molecule has 0 heterocycles. The number of hydrogen-bond donors (Lipinski definition) is 0. The van der Waals surface area contributed by atoms with Gasteiger partial charge in [0.15, 0.2) is 6.10 Å². The third-order valence-electron chi connectivity index (χ3n) is 11.5. The molecule has 0 aromatic rings. The molecular formula is C63H102O6. The first kappa shape index (κ1) is 64.8. The van der Waals surface area contributed by atoms with Crippen LogP contribution < -0.4 is 0 Å². The van der Waals surface area contributed by atoms with E-state index in [1.54, 1.807) is 0 Å². The maximum absolute atomic E-state index is 12.8. The Bertz CT molecular complexity index is 1470. The fourth-order valence-corrected chi connectivity index (χ4v) is 7.33. The fourth-order valence-electron chi connectivity index (χ4n) is 7.33. The highest BCUT2D eigenvalue weighted by molar-refractivity contribution is 5.71. The molecule has 390 valence electrons. The molecule has 0 aliphatic heterocycles. The topological polar surface area (TPSA) is 78.9 Å². The van der Waals surface area contributed by atoms with E-state index >= 15 is 0 Å². The molecule has 6 heteroatoms. The van der Waals surface area contributed by atoms with Gasteiger partial charge in [0.25, 0.3) is 0 Å². The summed E-state index contributed by atoms with van der Waals surface area (Å²) < 4.78 is 16.7. The number of carbonyl (C=O) groups is 3. The van der Waals surface area contributed by atoms with Crippen molar-refractivity contribution in [1.29, 1.82) is 0 Å². The molecule has 69 heavy (non-hydrogen) atoms. The summed E-state index contributed by atoms with van der Waals surface area (Å²) in [7, 11) is 0. The Morgan fingerprint density at radius 1 is 0.304 bits per heavy atom. The molecule has 0 N–H and O–H groups in total. The summed E-state index contributed by atoms with van der Waals surface area (Å²) in [5.41, 5.74) is 0. The Balaban J connectivity index is 4.24. The zero-order valence-corrected chi connectivity index (χ0v) is 44.5. The van der Waals surface area contributed by atoms with Crippen LogP contribution in [0.2, 0.25) is 0 Å². The van der Waals surface area contributed by atoms with Gasteiger partial charge in [-0.1, -0.05) is 239 Å². The van der Waals surface area contributed by atoms with Crippen LogP contribution in [-0.2, 0) is 28.6 Å². The largest absolute Gasteiger partial charge is 0.462 e. The lowest BCUT2D eigenvalue weighted by Crippen LogP contribution is -2.30. The first-order valence-corrected chi connectivity index (χ1v) is 28.0. The van der Waals surface area contributed by atoms with Crippen LogP contribution in [0, 0.1) is 0 Å². The monoisotopic (exact) mass is 955 g/mol. The van der Waals surface area contributed by atoms with Gasteiger partial charge in [-0.3, -0.25) is 14.4 Å². The molecule has 0 aromatic carbocycles. The smallest absolute Gasteiger partial charge is 0.306 e. The lowest BCUT2D eigenvalue weighted by molar-refractivity contribution is -0.167. The molecule has 0 aliphatic rings. The Morgan fingerprint density at radius 2 is 0.580 bits per heavy atom. The number of hydrogen-bond acceptors (Lipinski definition) is 6. The van der Waals surface area contributed by atoms with Gasteiger partial charge in [0.1, 0.15) is 13.2 Å². The molecule has 0 amide bonds. The predicted molar refractivity (Wildman–Crippen MR) is 297 cm³/mol. The average Bonchev–Trinajstić information content (AvgIpc) is 3.35. The second kappa shape index (κ2) is 56.4. The van der Waals surface area contributed by atoms with Crippen molar-refractivity contribution in [2.75, 3.05) is 13.2 Å². The predicted octanol–water partition coefficient (Wildman–Crippen LogP) is 18.9. The molecule has 1 atom stereocenters. The van der Waals surface area contributed by atoms with Gasteiger partial charge in [-0.15, -0.1) is 0 Å². The lowest BCUT2D eigenvalue weighted by atomic mass is 10.0. The highest BCUT2D eigenvalue weighted by Crippen LogP contribution is 2.14. The summed E-state index contributed by atoms with van der Waals surface area (Å²) in [6.07, 6.45) is 77.9. The lowest BCUT2D eigenvalue weighted by Gasteiger charge is -2.18. The van der Waals surface area contributed by atoms with E-state index in [-0.39, 0.29) is 37.5 Å². The van der Waals surface area contributed by atoms with E-state index in [9.17, 15) is 14.4 Å². The average molecular weight is 956 g/mol. The minimum absolute atomic E-state index is 0.103. The van der Waals surface area contributed by atoms with Crippen molar-refractivity contribution in [2.24, 2.45) is 0 Å². The van der Waals surface area contributed by atoms with Gasteiger partial charge in [0.05, 0.1) is 0 Å². The summed E-state index contributed by atoms with van der Waals surface area (Å²) in [4.78, 5) is 37.9. The van der Waals surface area contributed by atoms with Gasteiger partial charge in [0.2, 0.25) is 0 Å². The number of esters is 3. The van der Waals surface area contributed by atoms with Gasteiger partial charge in [-0.2, -0.15) is 0 Å². The van der Waals surface area contributed by atoms with Crippen molar-refractivity contribution in [3.63, 3.8) is 0 Å². The maximum atomic E-state index is 12.8. The van der Waals surface area contributed by atoms with Crippen LogP contribution in [0.3, 0.4) is 0 Å². The number of rotatable bonds is 49. The first-order chi connectivity index (χ1) is 34.0. The third-order valence-corrected chi connectivity index (χ3v) is 11.5. The van der Waals surface area contributed by atoms with Gasteiger partial charge in [-0.05, 0) is 103 Å². The second-order valence-electron chi connectivity index (χ2n) is 18.1. The van der Waals surface area contributed by atoms with Crippen LogP contribution >= 0.6 is 0 Å². The molecule has 0 rings (SSSR count). The molecule has 6 nitrogen and oxygen atoms in total. The van der Waals surface area contributed by atoms with E-state index in [1.807, 2.05) is 0 Å². The van der Waals surface area contributed by atoms with Crippen LogP contribution in [-0.4, -0.2) is 37.2 Å². The van der Waals surface area contributed by atoms with E-state index in [1.165, 1.54) is 83.5 Å². The molecule has 0 spiro atoms. The van der Waals surface area contributed by atoms with Crippen LogP contribution in [0.5, 0.6) is 0 Å². The molecule has 0 fully saturated rings. The van der Waals surface area contributed by atoms with Crippen molar-refractivity contribution < 1.29 is 28.6 Å². The number of unbranched alkanes of at least 4 members (excludes halogenated alkanes) is 18. The maximum Gasteiger partial charge on any atom is 0.306 e. The van der Waals surface area contributed by atoms with Gasteiger partial charge >= 0.3 is 17.9 Å². The van der Waals surface area contributed by atoms with Crippen molar-refractivity contribution in [3.05, 3.63) is 122 Å². The van der Waals surface area contributed by atoms with Gasteiger partial charge in [-0.25, -0.2) is 0 Å². The van der Waals surface area contributed by atoms with Crippen LogP contribution in [0.4, 0.5) is 0 Å². The summed E-state index contributed by atoms with van der Waals surface area (Å²) in [5.74, 6) is -0.976. The number of allylic oxidation sites excluding steroid dienone is 20.